The number of carbonyl (C=O) groups excluding carboxylic acids is 1. The van der Waals surface area contributed by atoms with Gasteiger partial charge in [0.25, 0.3) is 5.91 Å². The van der Waals surface area contributed by atoms with Crippen molar-refractivity contribution in [2.24, 2.45) is 0 Å². The van der Waals surface area contributed by atoms with Gasteiger partial charge in [-0.2, -0.15) is 0 Å². The number of benzene rings is 2. The first-order valence-electron chi connectivity index (χ1n) is 9.94. The molecular weight excluding hydrogens is 356 g/mol. The molecule has 0 aromatic heterocycles. The second-order valence-electron chi connectivity index (χ2n) is 7.92. The van der Waals surface area contributed by atoms with E-state index in [4.69, 9.17) is 11.6 Å². The molecule has 4 rings (SSSR count). The van der Waals surface area contributed by atoms with Gasteiger partial charge in [0.1, 0.15) is 0 Å². The molecule has 2 bridgehead atoms. The van der Waals surface area contributed by atoms with E-state index in [9.17, 15) is 4.79 Å². The van der Waals surface area contributed by atoms with Crippen LogP contribution in [-0.4, -0.2) is 47.4 Å². The van der Waals surface area contributed by atoms with Gasteiger partial charge in [0.05, 0.1) is 0 Å². The monoisotopic (exact) mass is 382 g/mol. The van der Waals surface area contributed by atoms with Crippen molar-refractivity contribution in [2.45, 2.75) is 50.2 Å². The van der Waals surface area contributed by atoms with E-state index in [1.165, 1.54) is 18.4 Å². The van der Waals surface area contributed by atoms with Crippen LogP contribution in [0.2, 0.25) is 5.02 Å². The van der Waals surface area contributed by atoms with Gasteiger partial charge in [-0.1, -0.05) is 41.9 Å². The van der Waals surface area contributed by atoms with Gasteiger partial charge in [-0.25, -0.2) is 0 Å². The smallest absolute Gasteiger partial charge is 0.254 e. The molecule has 0 radical (unpaired) electrons. The van der Waals surface area contributed by atoms with Gasteiger partial charge in [-0.3, -0.25) is 4.79 Å². The fourth-order valence-corrected chi connectivity index (χ4v) is 4.87. The molecule has 0 spiro atoms. The Bertz CT molecular complexity index is 763. The molecular formula is C23H27ClN2O. The summed E-state index contributed by atoms with van der Waals surface area (Å²) in [7, 11) is 2.24. The summed E-state index contributed by atoms with van der Waals surface area (Å²) in [5.74, 6) is 0.136. The van der Waals surface area contributed by atoms with Gasteiger partial charge < -0.3 is 9.80 Å². The first-order chi connectivity index (χ1) is 13.1. The van der Waals surface area contributed by atoms with Crippen LogP contribution in [-0.2, 0) is 6.42 Å². The largest absolute Gasteiger partial charge is 0.335 e. The molecule has 2 aliphatic rings. The normalized spacial score (nSPS) is 24.7. The van der Waals surface area contributed by atoms with E-state index in [-0.39, 0.29) is 5.91 Å². The predicted octanol–water partition coefficient (Wildman–Crippen LogP) is 4.65. The lowest BCUT2D eigenvalue weighted by atomic mass is 9.95. The molecule has 1 amide bonds. The summed E-state index contributed by atoms with van der Waals surface area (Å²) < 4.78 is 0. The van der Waals surface area contributed by atoms with Gasteiger partial charge in [-0.05, 0) is 69.0 Å². The molecule has 4 heteroatoms. The van der Waals surface area contributed by atoms with Crippen LogP contribution in [0.25, 0.3) is 0 Å². The summed E-state index contributed by atoms with van der Waals surface area (Å²) in [4.78, 5) is 18.0. The van der Waals surface area contributed by atoms with Crippen molar-refractivity contribution in [1.29, 1.82) is 0 Å². The number of amides is 1. The highest BCUT2D eigenvalue weighted by molar-refractivity contribution is 6.30. The predicted molar refractivity (Wildman–Crippen MR) is 110 cm³/mol. The third-order valence-corrected chi connectivity index (χ3v) is 6.60. The van der Waals surface area contributed by atoms with Crippen LogP contribution < -0.4 is 0 Å². The standard InChI is InChI=1S/C23H27ClN2O/c1-25-20-11-12-21(25)16-22(15-20)26(14-13-17-5-3-2-4-6-17)23(27)18-7-9-19(24)10-8-18/h2-10,20-22H,11-16H2,1H3/t20-,21+,22?. The Labute approximate surface area is 166 Å². The molecule has 2 fully saturated rings. The van der Waals surface area contributed by atoms with E-state index >= 15 is 0 Å². The lowest BCUT2D eigenvalue weighted by Crippen LogP contribution is -2.51. The highest BCUT2D eigenvalue weighted by Crippen LogP contribution is 2.36. The first-order valence-corrected chi connectivity index (χ1v) is 10.3. The number of carbonyl (C=O) groups is 1. The summed E-state index contributed by atoms with van der Waals surface area (Å²) >= 11 is 6.02. The molecule has 2 aliphatic heterocycles. The van der Waals surface area contributed by atoms with E-state index in [1.54, 1.807) is 0 Å². The number of rotatable bonds is 5. The zero-order valence-electron chi connectivity index (χ0n) is 15.9. The first kappa shape index (κ1) is 18.5. The van der Waals surface area contributed by atoms with Gasteiger partial charge in [0.2, 0.25) is 0 Å². The molecule has 3 nitrogen and oxygen atoms in total. The minimum absolute atomic E-state index is 0.136. The van der Waals surface area contributed by atoms with Gasteiger partial charge in [-0.15, -0.1) is 0 Å². The maximum Gasteiger partial charge on any atom is 0.254 e. The van der Waals surface area contributed by atoms with Crippen LogP contribution in [0.15, 0.2) is 54.6 Å². The van der Waals surface area contributed by atoms with Crippen LogP contribution in [0, 0.1) is 0 Å². The highest BCUT2D eigenvalue weighted by atomic mass is 35.5. The van der Waals surface area contributed by atoms with Crippen molar-refractivity contribution in [3.05, 3.63) is 70.7 Å². The van der Waals surface area contributed by atoms with Gasteiger partial charge in [0.15, 0.2) is 0 Å². The van der Waals surface area contributed by atoms with Gasteiger partial charge in [0, 0.05) is 35.3 Å². The van der Waals surface area contributed by atoms with Crippen molar-refractivity contribution in [2.75, 3.05) is 13.6 Å². The second-order valence-corrected chi connectivity index (χ2v) is 8.35. The average Bonchev–Trinajstić information content (AvgIpc) is 2.90. The molecule has 142 valence electrons. The Balaban J connectivity index is 1.55. The Hall–Kier alpha value is -1.84. The maximum atomic E-state index is 13.4. The SMILES string of the molecule is CN1[C@@H]2CC[C@H]1CC(N(CCc1ccccc1)C(=O)c1ccc(Cl)cc1)C2. The molecule has 3 atom stereocenters. The van der Waals surface area contributed by atoms with Crippen LogP contribution >= 0.6 is 11.6 Å². The highest BCUT2D eigenvalue weighted by Gasteiger charge is 2.41. The number of halogens is 1. The lowest BCUT2D eigenvalue weighted by Gasteiger charge is -2.42. The summed E-state index contributed by atoms with van der Waals surface area (Å²) in [6.45, 7) is 0.763. The van der Waals surface area contributed by atoms with Gasteiger partial charge >= 0.3 is 0 Å². The number of piperidine rings is 1. The third-order valence-electron chi connectivity index (χ3n) is 6.35. The van der Waals surface area contributed by atoms with Crippen molar-refractivity contribution in [3.8, 4) is 0 Å². The van der Waals surface area contributed by atoms with E-state index in [2.05, 4.69) is 41.1 Å². The minimum atomic E-state index is 0.136. The summed E-state index contributed by atoms with van der Waals surface area (Å²) in [6.07, 6.45) is 5.59. The molecule has 2 saturated heterocycles. The zero-order chi connectivity index (χ0) is 18.8. The summed E-state index contributed by atoms with van der Waals surface area (Å²) in [5, 5.41) is 0.666. The molecule has 0 aliphatic carbocycles. The van der Waals surface area contributed by atoms with Crippen LogP contribution in [0.3, 0.4) is 0 Å². The Morgan fingerprint density at radius 3 is 2.30 bits per heavy atom. The van der Waals surface area contributed by atoms with E-state index in [0.29, 0.717) is 23.1 Å². The average molecular weight is 383 g/mol. The number of hydrogen-bond acceptors (Lipinski definition) is 2. The van der Waals surface area contributed by atoms with E-state index in [0.717, 1.165) is 31.4 Å². The molecule has 2 heterocycles. The Kier molecular flexibility index (Phi) is 5.51. The van der Waals surface area contributed by atoms with E-state index in [1.807, 2.05) is 30.3 Å². The number of fused-ring (bicyclic) bond motifs is 2. The Morgan fingerprint density at radius 1 is 1.04 bits per heavy atom. The molecule has 0 N–H and O–H groups in total. The zero-order valence-corrected chi connectivity index (χ0v) is 16.6. The van der Waals surface area contributed by atoms with Crippen LogP contribution in [0.1, 0.15) is 41.6 Å². The van der Waals surface area contributed by atoms with Crippen molar-refractivity contribution < 1.29 is 4.79 Å². The fraction of sp³-hybridized carbons (Fsp3) is 0.435. The summed E-state index contributed by atoms with van der Waals surface area (Å²) in [6, 6.07) is 19.3. The molecule has 2 aromatic rings. The topological polar surface area (TPSA) is 23.6 Å². The number of nitrogens with zero attached hydrogens (tertiary/aromatic N) is 2. The second kappa shape index (κ2) is 8.04. The van der Waals surface area contributed by atoms with Crippen molar-refractivity contribution >= 4 is 17.5 Å². The quantitative estimate of drug-likeness (QED) is 0.751. The fourth-order valence-electron chi connectivity index (χ4n) is 4.74. The molecule has 27 heavy (non-hydrogen) atoms. The Morgan fingerprint density at radius 2 is 1.67 bits per heavy atom. The van der Waals surface area contributed by atoms with Crippen LogP contribution in [0.4, 0.5) is 0 Å². The molecule has 2 aromatic carbocycles. The van der Waals surface area contributed by atoms with Crippen LogP contribution in [0.5, 0.6) is 0 Å². The minimum Gasteiger partial charge on any atom is -0.335 e. The molecule has 0 saturated carbocycles. The third kappa shape index (κ3) is 4.04. The van der Waals surface area contributed by atoms with Crippen molar-refractivity contribution in [1.82, 2.24) is 9.80 Å². The molecule has 1 unspecified atom stereocenters. The lowest BCUT2D eigenvalue weighted by molar-refractivity contribution is 0.0488. The maximum absolute atomic E-state index is 13.4. The van der Waals surface area contributed by atoms with Crippen molar-refractivity contribution in [3.63, 3.8) is 0 Å². The van der Waals surface area contributed by atoms with E-state index < -0.39 is 0 Å². The summed E-state index contributed by atoms with van der Waals surface area (Å²) in [5.41, 5.74) is 2.01. The number of hydrogen-bond donors (Lipinski definition) is 0.